The second-order valence-electron chi connectivity index (χ2n) is 3.31. The fourth-order valence-electron chi connectivity index (χ4n) is 1.36. The summed E-state index contributed by atoms with van der Waals surface area (Å²) in [4.78, 5) is 15.2. The van der Waals surface area contributed by atoms with Crippen molar-refractivity contribution in [1.82, 2.24) is 19.7 Å². The summed E-state index contributed by atoms with van der Waals surface area (Å²) in [7, 11) is 1.28. The SMILES string of the molecule is COC(=O)c1ncn(Cc2cccnn2)c1N. The molecular formula is C10H11N5O2. The van der Waals surface area contributed by atoms with Gasteiger partial charge in [0.15, 0.2) is 5.69 Å². The number of anilines is 1. The Morgan fingerprint density at radius 3 is 3.06 bits per heavy atom. The molecule has 88 valence electrons. The van der Waals surface area contributed by atoms with Gasteiger partial charge in [0.1, 0.15) is 5.82 Å². The van der Waals surface area contributed by atoms with Crippen LogP contribution < -0.4 is 5.73 Å². The molecule has 0 amide bonds. The number of rotatable bonds is 3. The summed E-state index contributed by atoms with van der Waals surface area (Å²) < 4.78 is 6.17. The summed E-state index contributed by atoms with van der Waals surface area (Å²) in [6.45, 7) is 0.406. The maximum Gasteiger partial charge on any atom is 0.360 e. The normalized spacial score (nSPS) is 10.2. The molecule has 7 heteroatoms. The smallest absolute Gasteiger partial charge is 0.360 e. The first-order chi connectivity index (χ1) is 8.22. The molecule has 0 atom stereocenters. The van der Waals surface area contributed by atoms with Crippen LogP contribution in [0.2, 0.25) is 0 Å². The number of esters is 1. The van der Waals surface area contributed by atoms with E-state index in [9.17, 15) is 4.79 Å². The predicted molar refractivity (Wildman–Crippen MR) is 59.1 cm³/mol. The largest absolute Gasteiger partial charge is 0.464 e. The summed E-state index contributed by atoms with van der Waals surface area (Å²) >= 11 is 0. The molecule has 2 aromatic rings. The van der Waals surface area contributed by atoms with Crippen LogP contribution in [0.25, 0.3) is 0 Å². The van der Waals surface area contributed by atoms with E-state index in [1.165, 1.54) is 13.4 Å². The number of imidazole rings is 1. The first kappa shape index (κ1) is 11.1. The Morgan fingerprint density at radius 2 is 2.41 bits per heavy atom. The second-order valence-corrected chi connectivity index (χ2v) is 3.31. The zero-order chi connectivity index (χ0) is 12.3. The van der Waals surface area contributed by atoms with Gasteiger partial charge in [0, 0.05) is 6.20 Å². The van der Waals surface area contributed by atoms with E-state index in [0.717, 1.165) is 5.69 Å². The Kier molecular flexibility index (Phi) is 2.99. The molecule has 0 bridgehead atoms. The Bertz CT molecular complexity index is 523. The fraction of sp³-hybridized carbons (Fsp3) is 0.200. The predicted octanol–water partition coefficient (Wildman–Crippen LogP) is 0.0902. The van der Waals surface area contributed by atoms with Crippen LogP contribution in [0.15, 0.2) is 24.7 Å². The molecule has 17 heavy (non-hydrogen) atoms. The molecule has 0 saturated carbocycles. The molecule has 0 aromatic carbocycles. The first-order valence-corrected chi connectivity index (χ1v) is 4.88. The number of hydrogen-bond donors (Lipinski definition) is 1. The molecule has 0 aliphatic heterocycles. The Morgan fingerprint density at radius 1 is 1.59 bits per heavy atom. The summed E-state index contributed by atoms with van der Waals surface area (Å²) in [6, 6.07) is 3.58. The zero-order valence-electron chi connectivity index (χ0n) is 9.20. The fourth-order valence-corrected chi connectivity index (χ4v) is 1.36. The van der Waals surface area contributed by atoms with Crippen molar-refractivity contribution >= 4 is 11.8 Å². The number of methoxy groups -OCH3 is 1. The maximum absolute atomic E-state index is 11.3. The lowest BCUT2D eigenvalue weighted by atomic mass is 10.4. The van der Waals surface area contributed by atoms with Crippen LogP contribution in [0.3, 0.4) is 0 Å². The molecule has 0 aliphatic rings. The summed E-state index contributed by atoms with van der Waals surface area (Å²) in [5.41, 5.74) is 6.62. The van der Waals surface area contributed by atoms with Gasteiger partial charge in [-0.25, -0.2) is 9.78 Å². The molecule has 2 rings (SSSR count). The highest BCUT2D eigenvalue weighted by Crippen LogP contribution is 2.12. The molecule has 2 aromatic heterocycles. The molecule has 0 radical (unpaired) electrons. The topological polar surface area (TPSA) is 95.9 Å². The van der Waals surface area contributed by atoms with Crippen molar-refractivity contribution in [2.24, 2.45) is 0 Å². The molecule has 7 nitrogen and oxygen atoms in total. The summed E-state index contributed by atoms with van der Waals surface area (Å²) in [5.74, 6) is -0.303. The lowest BCUT2D eigenvalue weighted by molar-refractivity contribution is 0.0596. The highest BCUT2D eigenvalue weighted by molar-refractivity contribution is 5.92. The van der Waals surface area contributed by atoms with Crippen LogP contribution in [-0.2, 0) is 11.3 Å². The van der Waals surface area contributed by atoms with Gasteiger partial charge in [-0.05, 0) is 12.1 Å². The third kappa shape index (κ3) is 2.22. The number of carbonyl (C=O) groups is 1. The monoisotopic (exact) mass is 233 g/mol. The van der Waals surface area contributed by atoms with Crippen molar-refractivity contribution < 1.29 is 9.53 Å². The van der Waals surface area contributed by atoms with Crippen LogP contribution in [0, 0.1) is 0 Å². The van der Waals surface area contributed by atoms with E-state index in [4.69, 9.17) is 5.73 Å². The highest BCUT2D eigenvalue weighted by Gasteiger charge is 2.16. The summed E-state index contributed by atoms with van der Waals surface area (Å²) in [6.07, 6.45) is 3.05. The van der Waals surface area contributed by atoms with Gasteiger partial charge in [-0.2, -0.15) is 10.2 Å². The van der Waals surface area contributed by atoms with Gasteiger partial charge in [-0.1, -0.05) is 0 Å². The third-order valence-electron chi connectivity index (χ3n) is 2.22. The van der Waals surface area contributed by atoms with Crippen molar-refractivity contribution in [2.75, 3.05) is 12.8 Å². The van der Waals surface area contributed by atoms with Gasteiger partial charge in [0.25, 0.3) is 0 Å². The van der Waals surface area contributed by atoms with Gasteiger partial charge in [-0.15, -0.1) is 0 Å². The van der Waals surface area contributed by atoms with Crippen LogP contribution in [-0.4, -0.2) is 32.8 Å². The van der Waals surface area contributed by atoms with E-state index in [2.05, 4.69) is 19.9 Å². The van der Waals surface area contributed by atoms with Gasteiger partial charge >= 0.3 is 5.97 Å². The minimum absolute atomic E-state index is 0.108. The van der Waals surface area contributed by atoms with Crippen LogP contribution >= 0.6 is 0 Å². The number of ether oxygens (including phenoxy) is 1. The molecule has 2 heterocycles. The average Bonchev–Trinajstić information content (AvgIpc) is 2.72. The second kappa shape index (κ2) is 4.60. The quantitative estimate of drug-likeness (QED) is 0.755. The van der Waals surface area contributed by atoms with Gasteiger partial charge in [0.2, 0.25) is 0 Å². The van der Waals surface area contributed by atoms with E-state index in [-0.39, 0.29) is 11.5 Å². The number of nitrogens with zero attached hydrogens (tertiary/aromatic N) is 4. The zero-order valence-corrected chi connectivity index (χ0v) is 9.20. The Balaban J connectivity index is 2.24. The minimum Gasteiger partial charge on any atom is -0.464 e. The third-order valence-corrected chi connectivity index (χ3v) is 2.22. The molecule has 0 saturated heterocycles. The van der Waals surface area contributed by atoms with Crippen molar-refractivity contribution in [3.63, 3.8) is 0 Å². The van der Waals surface area contributed by atoms with Crippen LogP contribution in [0.5, 0.6) is 0 Å². The minimum atomic E-state index is -0.555. The molecule has 0 spiro atoms. The number of aromatic nitrogens is 4. The summed E-state index contributed by atoms with van der Waals surface area (Å²) in [5, 5.41) is 7.67. The van der Waals surface area contributed by atoms with E-state index in [1.54, 1.807) is 16.8 Å². The van der Waals surface area contributed by atoms with Crippen molar-refractivity contribution in [2.45, 2.75) is 6.54 Å². The first-order valence-electron chi connectivity index (χ1n) is 4.88. The van der Waals surface area contributed by atoms with E-state index < -0.39 is 5.97 Å². The van der Waals surface area contributed by atoms with Crippen molar-refractivity contribution in [3.05, 3.63) is 36.0 Å². The molecule has 0 aliphatic carbocycles. The molecule has 0 unspecified atom stereocenters. The van der Waals surface area contributed by atoms with E-state index in [1.807, 2.05) is 6.07 Å². The Hall–Kier alpha value is -2.44. The van der Waals surface area contributed by atoms with Crippen molar-refractivity contribution in [1.29, 1.82) is 0 Å². The standard InChI is InChI=1S/C10H11N5O2/c1-17-10(16)8-9(11)15(6-12-8)5-7-3-2-4-13-14-7/h2-4,6H,5,11H2,1H3. The van der Waals surface area contributed by atoms with Gasteiger partial charge < -0.3 is 15.0 Å². The lowest BCUT2D eigenvalue weighted by Crippen LogP contribution is -2.09. The number of hydrogen-bond acceptors (Lipinski definition) is 6. The molecule has 0 fully saturated rings. The lowest BCUT2D eigenvalue weighted by Gasteiger charge is -2.03. The average molecular weight is 233 g/mol. The number of nitrogen functional groups attached to an aromatic ring is 1. The van der Waals surface area contributed by atoms with Gasteiger partial charge in [0.05, 0.1) is 25.7 Å². The van der Waals surface area contributed by atoms with Crippen LogP contribution in [0.4, 0.5) is 5.82 Å². The highest BCUT2D eigenvalue weighted by atomic mass is 16.5. The molecular weight excluding hydrogens is 222 g/mol. The molecule has 2 N–H and O–H groups in total. The van der Waals surface area contributed by atoms with E-state index >= 15 is 0 Å². The van der Waals surface area contributed by atoms with Gasteiger partial charge in [-0.3, -0.25) is 0 Å². The Labute approximate surface area is 97.2 Å². The van der Waals surface area contributed by atoms with Crippen molar-refractivity contribution in [3.8, 4) is 0 Å². The maximum atomic E-state index is 11.3. The number of carbonyl (C=O) groups excluding carboxylic acids is 1. The number of nitrogens with two attached hydrogens (primary N) is 1. The van der Waals surface area contributed by atoms with Crippen LogP contribution in [0.1, 0.15) is 16.2 Å². The van der Waals surface area contributed by atoms with E-state index in [0.29, 0.717) is 6.54 Å².